The molecule has 98 valence electrons. The summed E-state index contributed by atoms with van der Waals surface area (Å²) in [7, 11) is 0. The Morgan fingerprint density at radius 1 is 1.22 bits per heavy atom. The summed E-state index contributed by atoms with van der Waals surface area (Å²) in [6.07, 6.45) is 7.78. The fourth-order valence-corrected chi connectivity index (χ4v) is 2.79. The molecule has 1 fully saturated rings. The first-order valence-corrected chi connectivity index (χ1v) is 7.31. The quantitative estimate of drug-likeness (QED) is 0.647. The van der Waals surface area contributed by atoms with Crippen molar-refractivity contribution >= 4 is 34.5 Å². The van der Waals surface area contributed by atoms with Crippen molar-refractivity contribution in [1.29, 1.82) is 0 Å². The number of anilines is 1. The summed E-state index contributed by atoms with van der Waals surface area (Å²) in [6, 6.07) is 6.28. The third-order valence-corrected chi connectivity index (χ3v) is 4.02. The van der Waals surface area contributed by atoms with Crippen molar-refractivity contribution in [3.05, 3.63) is 28.8 Å². The minimum atomic E-state index is 0.387. The van der Waals surface area contributed by atoms with Crippen LogP contribution in [-0.4, -0.2) is 11.0 Å². The van der Waals surface area contributed by atoms with Gasteiger partial charge in [-0.2, -0.15) is 0 Å². The van der Waals surface area contributed by atoms with Gasteiger partial charge >= 0.3 is 0 Å². The van der Waals surface area contributed by atoms with E-state index in [2.05, 4.69) is 5.32 Å². The van der Waals surface area contributed by atoms with Crippen LogP contribution in [0.15, 0.2) is 18.2 Å². The van der Waals surface area contributed by atoms with Gasteiger partial charge in [-0.25, -0.2) is 0 Å². The predicted molar refractivity (Wildman–Crippen MR) is 82.5 cm³/mol. The summed E-state index contributed by atoms with van der Waals surface area (Å²) in [5, 5.41) is 4.24. The van der Waals surface area contributed by atoms with E-state index < -0.39 is 0 Å². The van der Waals surface area contributed by atoms with E-state index in [1.165, 1.54) is 38.5 Å². The number of rotatable bonds is 3. The van der Waals surface area contributed by atoms with E-state index in [1.54, 1.807) is 0 Å². The molecule has 1 aromatic carbocycles. The first-order valence-electron chi connectivity index (χ1n) is 6.52. The largest absolute Gasteiger partial charge is 0.389 e. The van der Waals surface area contributed by atoms with Gasteiger partial charge in [0.15, 0.2) is 0 Å². The second kappa shape index (κ2) is 6.39. The van der Waals surface area contributed by atoms with E-state index in [4.69, 9.17) is 29.6 Å². The molecule has 0 aromatic heterocycles. The molecule has 0 heterocycles. The summed E-state index contributed by atoms with van der Waals surface area (Å²) < 4.78 is 0. The maximum absolute atomic E-state index is 6.26. The maximum Gasteiger partial charge on any atom is 0.104 e. The van der Waals surface area contributed by atoms with Gasteiger partial charge in [0, 0.05) is 11.6 Å². The van der Waals surface area contributed by atoms with Crippen LogP contribution in [0.3, 0.4) is 0 Å². The Balaban J connectivity index is 2.06. The molecule has 2 nitrogen and oxygen atoms in total. The Bertz CT molecular complexity index is 426. The summed E-state index contributed by atoms with van der Waals surface area (Å²) in [5.41, 5.74) is 7.40. The standard InChI is InChI=1S/C14H19ClN2S/c15-12-9-10(14(16)18)7-8-13(12)17-11-5-3-1-2-4-6-11/h7-9,11,17H,1-6H2,(H2,16,18). The van der Waals surface area contributed by atoms with E-state index >= 15 is 0 Å². The summed E-state index contributed by atoms with van der Waals surface area (Å²) in [5.74, 6) is 0. The lowest BCUT2D eigenvalue weighted by molar-refractivity contribution is 0.620. The van der Waals surface area contributed by atoms with Crippen LogP contribution < -0.4 is 11.1 Å². The normalized spacial score (nSPS) is 17.2. The molecule has 4 heteroatoms. The maximum atomic E-state index is 6.26. The minimum absolute atomic E-state index is 0.387. The molecule has 1 aromatic rings. The average Bonchev–Trinajstić information content (AvgIpc) is 2.60. The zero-order valence-corrected chi connectivity index (χ0v) is 12.0. The highest BCUT2D eigenvalue weighted by atomic mass is 35.5. The second-order valence-corrected chi connectivity index (χ2v) is 5.74. The Morgan fingerprint density at radius 2 is 1.89 bits per heavy atom. The van der Waals surface area contributed by atoms with Gasteiger partial charge in [0.1, 0.15) is 4.99 Å². The smallest absolute Gasteiger partial charge is 0.104 e. The lowest BCUT2D eigenvalue weighted by Gasteiger charge is -2.19. The molecule has 0 bridgehead atoms. The van der Waals surface area contributed by atoms with Crippen molar-refractivity contribution in [2.45, 2.75) is 44.6 Å². The SMILES string of the molecule is NC(=S)c1ccc(NC2CCCCCC2)c(Cl)c1. The number of hydrogen-bond donors (Lipinski definition) is 2. The number of nitrogens with one attached hydrogen (secondary N) is 1. The molecule has 1 saturated carbocycles. The van der Waals surface area contributed by atoms with Crippen LogP contribution >= 0.6 is 23.8 Å². The molecule has 0 spiro atoms. The van der Waals surface area contributed by atoms with Crippen molar-refractivity contribution in [3.63, 3.8) is 0 Å². The molecule has 0 amide bonds. The van der Waals surface area contributed by atoms with Crippen LogP contribution in [0.5, 0.6) is 0 Å². The van der Waals surface area contributed by atoms with Crippen LogP contribution in [-0.2, 0) is 0 Å². The van der Waals surface area contributed by atoms with Crippen molar-refractivity contribution in [2.75, 3.05) is 5.32 Å². The van der Waals surface area contributed by atoms with Gasteiger partial charge in [-0.3, -0.25) is 0 Å². The highest BCUT2D eigenvalue weighted by Gasteiger charge is 2.13. The molecular formula is C14H19ClN2S. The van der Waals surface area contributed by atoms with E-state index in [0.29, 0.717) is 16.1 Å². The van der Waals surface area contributed by atoms with Crippen LogP contribution in [0, 0.1) is 0 Å². The first-order chi connectivity index (χ1) is 8.66. The average molecular weight is 283 g/mol. The van der Waals surface area contributed by atoms with E-state index in [9.17, 15) is 0 Å². The van der Waals surface area contributed by atoms with Gasteiger partial charge in [0.25, 0.3) is 0 Å². The molecule has 0 saturated heterocycles. The van der Waals surface area contributed by atoms with Gasteiger partial charge < -0.3 is 11.1 Å². The molecule has 0 atom stereocenters. The van der Waals surface area contributed by atoms with Gasteiger partial charge in [0.2, 0.25) is 0 Å². The molecule has 0 unspecified atom stereocenters. The number of nitrogens with two attached hydrogens (primary N) is 1. The molecule has 0 radical (unpaired) electrons. The lowest BCUT2D eigenvalue weighted by atomic mass is 10.1. The second-order valence-electron chi connectivity index (χ2n) is 4.89. The molecule has 0 aliphatic heterocycles. The Hall–Kier alpha value is -0.800. The van der Waals surface area contributed by atoms with Crippen molar-refractivity contribution in [2.24, 2.45) is 5.73 Å². The topological polar surface area (TPSA) is 38.0 Å². The third-order valence-electron chi connectivity index (χ3n) is 3.47. The molecular weight excluding hydrogens is 264 g/mol. The minimum Gasteiger partial charge on any atom is -0.389 e. The Morgan fingerprint density at radius 3 is 2.44 bits per heavy atom. The van der Waals surface area contributed by atoms with Crippen LogP contribution in [0.1, 0.15) is 44.1 Å². The van der Waals surface area contributed by atoms with Gasteiger partial charge in [-0.1, -0.05) is 49.5 Å². The van der Waals surface area contributed by atoms with Gasteiger partial charge in [-0.05, 0) is 31.0 Å². The summed E-state index contributed by atoms with van der Waals surface area (Å²) in [4.78, 5) is 0.387. The molecule has 18 heavy (non-hydrogen) atoms. The van der Waals surface area contributed by atoms with Crippen molar-refractivity contribution in [1.82, 2.24) is 0 Å². The number of halogens is 1. The molecule has 1 aliphatic rings. The number of benzene rings is 1. The van der Waals surface area contributed by atoms with Gasteiger partial charge in [-0.15, -0.1) is 0 Å². The summed E-state index contributed by atoms with van der Waals surface area (Å²) >= 11 is 11.2. The van der Waals surface area contributed by atoms with Crippen LogP contribution in [0.25, 0.3) is 0 Å². The van der Waals surface area contributed by atoms with E-state index in [1.807, 2.05) is 18.2 Å². The summed E-state index contributed by atoms with van der Waals surface area (Å²) in [6.45, 7) is 0. The molecule has 1 aliphatic carbocycles. The Kier molecular flexibility index (Phi) is 4.84. The zero-order chi connectivity index (χ0) is 13.0. The predicted octanol–water partition coefficient (Wildman–Crippen LogP) is 4.11. The molecule has 3 N–H and O–H groups in total. The van der Waals surface area contributed by atoms with Crippen LogP contribution in [0.2, 0.25) is 5.02 Å². The van der Waals surface area contributed by atoms with Crippen molar-refractivity contribution in [3.8, 4) is 0 Å². The number of thiocarbonyl (C=S) groups is 1. The monoisotopic (exact) mass is 282 g/mol. The fraction of sp³-hybridized carbons (Fsp3) is 0.500. The highest BCUT2D eigenvalue weighted by molar-refractivity contribution is 7.80. The van der Waals surface area contributed by atoms with E-state index in [-0.39, 0.29) is 0 Å². The lowest BCUT2D eigenvalue weighted by Crippen LogP contribution is -2.18. The number of hydrogen-bond acceptors (Lipinski definition) is 2. The highest BCUT2D eigenvalue weighted by Crippen LogP contribution is 2.27. The zero-order valence-electron chi connectivity index (χ0n) is 10.4. The van der Waals surface area contributed by atoms with E-state index in [0.717, 1.165) is 11.3 Å². The molecule has 2 rings (SSSR count). The Labute approximate surface area is 119 Å². The van der Waals surface area contributed by atoms with Gasteiger partial charge in [0.05, 0.1) is 10.7 Å². The van der Waals surface area contributed by atoms with Crippen LogP contribution in [0.4, 0.5) is 5.69 Å². The fourth-order valence-electron chi connectivity index (χ4n) is 2.43. The van der Waals surface area contributed by atoms with Crippen molar-refractivity contribution < 1.29 is 0 Å². The third kappa shape index (κ3) is 3.59. The first kappa shape index (κ1) is 13.6.